The van der Waals surface area contributed by atoms with E-state index in [2.05, 4.69) is 15.3 Å². The number of imidazole rings is 1. The van der Waals surface area contributed by atoms with Gasteiger partial charge in [0.2, 0.25) is 0 Å². The molecule has 4 rings (SSSR count). The highest BCUT2D eigenvalue weighted by Gasteiger charge is 2.29. The summed E-state index contributed by atoms with van der Waals surface area (Å²) < 4.78 is 3.76. The molecule has 1 atom stereocenters. The summed E-state index contributed by atoms with van der Waals surface area (Å²) in [6.45, 7) is 1.72. The minimum atomic E-state index is 0.0317. The third-order valence-corrected chi connectivity index (χ3v) is 4.56. The molecule has 0 saturated carbocycles. The molecular formula is C16H19N7O. The Labute approximate surface area is 138 Å². The van der Waals surface area contributed by atoms with Crippen LogP contribution < -0.4 is 5.73 Å². The molecule has 1 saturated heterocycles. The lowest BCUT2D eigenvalue weighted by molar-refractivity contribution is 0.0787. The van der Waals surface area contributed by atoms with Crippen molar-refractivity contribution in [3.8, 4) is 0 Å². The first-order valence-electron chi connectivity index (χ1n) is 7.97. The van der Waals surface area contributed by atoms with Gasteiger partial charge in [0, 0.05) is 32.2 Å². The molecule has 24 heavy (non-hydrogen) atoms. The number of hydrogen-bond donors (Lipinski definition) is 1. The number of aryl methyl sites for hydroxylation is 1. The first-order chi connectivity index (χ1) is 11.7. The minimum absolute atomic E-state index is 0.0317. The number of nitrogens with two attached hydrogens (primary N) is 1. The number of aromatic nitrogens is 5. The third-order valence-electron chi connectivity index (χ3n) is 4.56. The fourth-order valence-corrected chi connectivity index (χ4v) is 3.18. The van der Waals surface area contributed by atoms with Crippen molar-refractivity contribution in [2.75, 3.05) is 13.1 Å². The maximum atomic E-state index is 12.8. The highest BCUT2D eigenvalue weighted by Crippen LogP contribution is 2.23. The molecular weight excluding hydrogens is 306 g/mol. The smallest absolute Gasteiger partial charge is 0.254 e. The molecule has 0 spiro atoms. The number of likely N-dealkylation sites (tertiary alicyclic amines) is 1. The van der Waals surface area contributed by atoms with E-state index in [0.717, 1.165) is 23.1 Å². The molecule has 1 aliphatic heterocycles. The average Bonchev–Trinajstić information content (AvgIpc) is 3.33. The van der Waals surface area contributed by atoms with Crippen molar-refractivity contribution in [2.45, 2.75) is 19.0 Å². The summed E-state index contributed by atoms with van der Waals surface area (Å²) in [5.41, 5.74) is 8.86. The van der Waals surface area contributed by atoms with E-state index in [0.29, 0.717) is 25.2 Å². The van der Waals surface area contributed by atoms with Gasteiger partial charge in [0.15, 0.2) is 0 Å². The Morgan fingerprint density at radius 2 is 2.29 bits per heavy atom. The fraction of sp³-hybridized carbons (Fsp3) is 0.375. The van der Waals surface area contributed by atoms with Gasteiger partial charge in [-0.15, -0.1) is 5.10 Å². The van der Waals surface area contributed by atoms with E-state index in [4.69, 9.17) is 5.73 Å². The zero-order chi connectivity index (χ0) is 16.7. The van der Waals surface area contributed by atoms with Crippen LogP contribution in [0.2, 0.25) is 0 Å². The molecule has 8 nitrogen and oxygen atoms in total. The second-order valence-electron chi connectivity index (χ2n) is 6.15. The van der Waals surface area contributed by atoms with Crippen LogP contribution in [0.3, 0.4) is 0 Å². The SMILES string of the molecule is Cn1cnc2cc(C(=O)N3CCC(n4cc(CN)nn4)C3)ccc21. The van der Waals surface area contributed by atoms with Gasteiger partial charge in [-0.05, 0) is 24.6 Å². The monoisotopic (exact) mass is 325 g/mol. The van der Waals surface area contributed by atoms with Gasteiger partial charge in [0.05, 0.1) is 35.3 Å². The Morgan fingerprint density at radius 1 is 1.42 bits per heavy atom. The van der Waals surface area contributed by atoms with Crippen LogP contribution in [0.5, 0.6) is 0 Å². The molecule has 1 amide bonds. The summed E-state index contributed by atoms with van der Waals surface area (Å²) in [6.07, 6.45) is 4.48. The van der Waals surface area contributed by atoms with Gasteiger partial charge in [-0.3, -0.25) is 4.79 Å². The van der Waals surface area contributed by atoms with E-state index >= 15 is 0 Å². The first kappa shape index (κ1) is 14.8. The number of amides is 1. The van der Waals surface area contributed by atoms with Crippen molar-refractivity contribution in [1.82, 2.24) is 29.4 Å². The first-order valence-corrected chi connectivity index (χ1v) is 7.97. The van der Waals surface area contributed by atoms with E-state index in [1.54, 1.807) is 6.33 Å². The quantitative estimate of drug-likeness (QED) is 0.765. The third kappa shape index (κ3) is 2.44. The van der Waals surface area contributed by atoms with Crippen LogP contribution in [0.15, 0.2) is 30.7 Å². The van der Waals surface area contributed by atoms with E-state index in [9.17, 15) is 4.79 Å². The van der Waals surface area contributed by atoms with Gasteiger partial charge in [-0.25, -0.2) is 9.67 Å². The molecule has 0 radical (unpaired) electrons. The average molecular weight is 325 g/mol. The zero-order valence-corrected chi connectivity index (χ0v) is 13.5. The van der Waals surface area contributed by atoms with Gasteiger partial charge >= 0.3 is 0 Å². The van der Waals surface area contributed by atoms with Crippen molar-refractivity contribution >= 4 is 16.9 Å². The number of carbonyl (C=O) groups is 1. The maximum Gasteiger partial charge on any atom is 0.254 e. The minimum Gasteiger partial charge on any atom is -0.336 e. The second kappa shape index (κ2) is 5.72. The molecule has 3 aromatic rings. The van der Waals surface area contributed by atoms with Crippen LogP contribution in [0.25, 0.3) is 11.0 Å². The number of benzene rings is 1. The van der Waals surface area contributed by atoms with Gasteiger partial charge < -0.3 is 15.2 Å². The number of hydrogen-bond acceptors (Lipinski definition) is 5. The van der Waals surface area contributed by atoms with Gasteiger partial charge in [-0.2, -0.15) is 0 Å². The molecule has 2 N–H and O–H groups in total. The summed E-state index contributed by atoms with van der Waals surface area (Å²) in [5.74, 6) is 0.0317. The Hall–Kier alpha value is -2.74. The van der Waals surface area contributed by atoms with Crippen molar-refractivity contribution < 1.29 is 4.79 Å². The number of carbonyl (C=O) groups excluding carboxylic acids is 1. The fourth-order valence-electron chi connectivity index (χ4n) is 3.18. The van der Waals surface area contributed by atoms with Crippen LogP contribution in [0, 0.1) is 0 Å². The number of rotatable bonds is 3. The van der Waals surface area contributed by atoms with Gasteiger partial charge in [0.25, 0.3) is 5.91 Å². The van der Waals surface area contributed by atoms with E-state index in [-0.39, 0.29) is 11.9 Å². The predicted octanol–water partition coefficient (Wildman–Crippen LogP) is 0.711. The van der Waals surface area contributed by atoms with Crippen LogP contribution in [-0.4, -0.2) is 48.4 Å². The summed E-state index contributed by atoms with van der Waals surface area (Å²) >= 11 is 0. The van der Waals surface area contributed by atoms with E-state index < -0.39 is 0 Å². The maximum absolute atomic E-state index is 12.8. The molecule has 8 heteroatoms. The summed E-state index contributed by atoms with van der Waals surface area (Å²) in [4.78, 5) is 18.9. The lowest BCUT2D eigenvalue weighted by atomic mass is 10.1. The van der Waals surface area contributed by atoms with Gasteiger partial charge in [0.1, 0.15) is 0 Å². The van der Waals surface area contributed by atoms with Crippen molar-refractivity contribution in [2.24, 2.45) is 12.8 Å². The lowest BCUT2D eigenvalue weighted by Crippen LogP contribution is -2.29. The lowest BCUT2D eigenvalue weighted by Gasteiger charge is -2.16. The normalized spacial score (nSPS) is 17.8. The molecule has 2 aromatic heterocycles. The Bertz CT molecular complexity index is 897. The molecule has 1 aliphatic rings. The molecule has 124 valence electrons. The number of fused-ring (bicyclic) bond motifs is 1. The predicted molar refractivity (Wildman–Crippen MR) is 88.2 cm³/mol. The highest BCUT2D eigenvalue weighted by atomic mass is 16.2. The van der Waals surface area contributed by atoms with E-state index in [1.807, 2.05) is 45.6 Å². The molecule has 3 heterocycles. The van der Waals surface area contributed by atoms with Gasteiger partial charge in [-0.1, -0.05) is 5.21 Å². The molecule has 0 aliphatic carbocycles. The molecule has 0 bridgehead atoms. The highest BCUT2D eigenvalue weighted by molar-refractivity contribution is 5.97. The van der Waals surface area contributed by atoms with Crippen molar-refractivity contribution in [3.63, 3.8) is 0 Å². The molecule has 1 aromatic carbocycles. The Balaban J connectivity index is 1.52. The van der Waals surface area contributed by atoms with Crippen molar-refractivity contribution in [1.29, 1.82) is 0 Å². The largest absolute Gasteiger partial charge is 0.336 e. The standard InChI is InChI=1S/C16H19N7O/c1-21-10-18-14-6-11(2-3-15(14)21)16(24)22-5-4-13(9-22)23-8-12(7-17)19-20-23/h2-3,6,8,10,13H,4-5,7,9,17H2,1H3. The van der Waals surface area contributed by atoms with E-state index in [1.165, 1.54) is 0 Å². The number of nitrogens with zero attached hydrogens (tertiary/aromatic N) is 6. The topological polar surface area (TPSA) is 94.9 Å². The molecule has 1 unspecified atom stereocenters. The Kier molecular flexibility index (Phi) is 3.53. The van der Waals surface area contributed by atoms with Crippen LogP contribution in [-0.2, 0) is 13.6 Å². The van der Waals surface area contributed by atoms with Crippen molar-refractivity contribution in [3.05, 3.63) is 42.0 Å². The molecule has 1 fully saturated rings. The summed E-state index contributed by atoms with van der Waals surface area (Å²) in [6, 6.07) is 5.81. The second-order valence-corrected chi connectivity index (χ2v) is 6.15. The summed E-state index contributed by atoms with van der Waals surface area (Å²) in [7, 11) is 1.94. The van der Waals surface area contributed by atoms with Crippen LogP contribution in [0.4, 0.5) is 0 Å². The van der Waals surface area contributed by atoms with Crippen LogP contribution >= 0.6 is 0 Å². The summed E-state index contributed by atoms with van der Waals surface area (Å²) in [5, 5.41) is 8.13. The Morgan fingerprint density at radius 3 is 3.08 bits per heavy atom. The zero-order valence-electron chi connectivity index (χ0n) is 13.5. The van der Waals surface area contributed by atoms with Crippen LogP contribution in [0.1, 0.15) is 28.5 Å².